The Kier molecular flexibility index (Phi) is 6.92. The number of hydrogen-bond donors (Lipinski definition) is 2. The Labute approximate surface area is 157 Å². The molecule has 0 radical (unpaired) electrons. The maximum atomic E-state index is 5.27. The minimum absolute atomic E-state index is 0.583. The van der Waals surface area contributed by atoms with Crippen LogP contribution in [-0.2, 0) is 12.8 Å². The van der Waals surface area contributed by atoms with Gasteiger partial charge in [-0.25, -0.2) is 0 Å². The summed E-state index contributed by atoms with van der Waals surface area (Å²) in [5.74, 6) is 0.928. The van der Waals surface area contributed by atoms with Crippen LogP contribution in [0.3, 0.4) is 0 Å². The zero-order valence-corrected chi connectivity index (χ0v) is 16.0. The topological polar surface area (TPSA) is 36.5 Å². The average molecular weight is 354 g/mol. The fourth-order valence-corrected chi connectivity index (χ4v) is 3.67. The number of rotatable bonds is 8. The molecule has 0 amide bonds. The first-order chi connectivity index (χ1) is 12.8. The second-order valence-electron chi connectivity index (χ2n) is 6.98. The minimum Gasteiger partial charge on any atom is -0.497 e. The van der Waals surface area contributed by atoms with Crippen LogP contribution in [0, 0.1) is 0 Å². The molecule has 26 heavy (non-hydrogen) atoms. The van der Waals surface area contributed by atoms with Crippen molar-refractivity contribution >= 4 is 5.69 Å². The molecule has 1 aliphatic heterocycles. The van der Waals surface area contributed by atoms with E-state index in [0.717, 1.165) is 44.8 Å². The van der Waals surface area contributed by atoms with E-state index < -0.39 is 0 Å². The van der Waals surface area contributed by atoms with Crippen molar-refractivity contribution in [2.24, 2.45) is 0 Å². The summed E-state index contributed by atoms with van der Waals surface area (Å²) in [7, 11) is 3.68. The number of benzene rings is 2. The highest BCUT2D eigenvalue weighted by Crippen LogP contribution is 2.19. The van der Waals surface area contributed by atoms with Gasteiger partial charge in [0.2, 0.25) is 0 Å². The molecule has 1 atom stereocenters. The van der Waals surface area contributed by atoms with Crippen LogP contribution in [0.1, 0.15) is 17.5 Å². The Morgan fingerprint density at radius 3 is 2.27 bits per heavy atom. The normalized spacial score (nSPS) is 16.2. The number of piperazine rings is 1. The van der Waals surface area contributed by atoms with Crippen molar-refractivity contribution in [3.63, 3.8) is 0 Å². The number of ether oxygens (including phenoxy) is 1. The first-order valence-electron chi connectivity index (χ1n) is 9.63. The maximum Gasteiger partial charge on any atom is 0.118 e. The van der Waals surface area contributed by atoms with Gasteiger partial charge in [0.25, 0.3) is 0 Å². The zero-order valence-electron chi connectivity index (χ0n) is 16.0. The van der Waals surface area contributed by atoms with Crippen molar-refractivity contribution in [2.45, 2.75) is 25.3 Å². The summed E-state index contributed by atoms with van der Waals surface area (Å²) in [6, 6.07) is 18.0. The molecule has 1 unspecified atom stereocenters. The van der Waals surface area contributed by atoms with Crippen molar-refractivity contribution < 1.29 is 4.74 Å². The van der Waals surface area contributed by atoms with Gasteiger partial charge >= 0.3 is 0 Å². The van der Waals surface area contributed by atoms with Crippen molar-refractivity contribution in [3.05, 3.63) is 59.7 Å². The molecule has 1 aliphatic rings. The highest BCUT2D eigenvalue weighted by atomic mass is 16.5. The van der Waals surface area contributed by atoms with Gasteiger partial charge < -0.3 is 15.4 Å². The molecule has 1 fully saturated rings. The first-order valence-corrected chi connectivity index (χ1v) is 9.63. The van der Waals surface area contributed by atoms with E-state index in [4.69, 9.17) is 4.74 Å². The van der Waals surface area contributed by atoms with E-state index in [9.17, 15) is 0 Å². The van der Waals surface area contributed by atoms with Gasteiger partial charge in [0.15, 0.2) is 0 Å². The summed E-state index contributed by atoms with van der Waals surface area (Å²) >= 11 is 0. The van der Waals surface area contributed by atoms with Crippen molar-refractivity contribution in [1.29, 1.82) is 0 Å². The third-order valence-corrected chi connectivity index (χ3v) is 5.31. The number of aryl methyl sites for hydroxylation is 1. The molecule has 4 nitrogen and oxygen atoms in total. The number of anilines is 1. The first kappa shape index (κ1) is 18.7. The summed E-state index contributed by atoms with van der Waals surface area (Å²) in [5, 5.41) is 6.67. The summed E-state index contributed by atoms with van der Waals surface area (Å²) in [5.41, 5.74) is 3.98. The lowest BCUT2D eigenvalue weighted by molar-refractivity contribution is 0.164. The van der Waals surface area contributed by atoms with Crippen molar-refractivity contribution in [1.82, 2.24) is 10.2 Å². The lowest BCUT2D eigenvalue weighted by Crippen LogP contribution is -2.49. The second kappa shape index (κ2) is 9.60. The van der Waals surface area contributed by atoms with E-state index >= 15 is 0 Å². The lowest BCUT2D eigenvalue weighted by atomic mass is 9.97. The summed E-state index contributed by atoms with van der Waals surface area (Å²) in [6.07, 6.45) is 3.40. The predicted molar refractivity (Wildman–Crippen MR) is 109 cm³/mol. The number of methoxy groups -OCH3 is 1. The molecule has 4 heteroatoms. The van der Waals surface area contributed by atoms with Crippen LogP contribution in [0.5, 0.6) is 5.75 Å². The van der Waals surface area contributed by atoms with Crippen LogP contribution in [0.4, 0.5) is 5.69 Å². The Morgan fingerprint density at radius 1 is 1.00 bits per heavy atom. The van der Waals surface area contributed by atoms with Crippen molar-refractivity contribution in [2.75, 3.05) is 45.7 Å². The van der Waals surface area contributed by atoms with E-state index in [0.29, 0.717) is 6.04 Å². The number of nitrogens with zero attached hydrogens (tertiary/aromatic N) is 1. The molecule has 0 bridgehead atoms. The SMILES string of the molecule is CNc1ccc(CC(CCc2ccc(OC)cc2)N2CCNCC2)cc1. The molecule has 0 aromatic heterocycles. The number of nitrogens with one attached hydrogen (secondary N) is 2. The Morgan fingerprint density at radius 2 is 1.65 bits per heavy atom. The van der Waals surface area contributed by atoms with E-state index in [1.807, 2.05) is 7.05 Å². The molecule has 3 rings (SSSR count). The smallest absolute Gasteiger partial charge is 0.118 e. The fraction of sp³-hybridized carbons (Fsp3) is 0.455. The summed E-state index contributed by atoms with van der Waals surface area (Å²) in [4.78, 5) is 2.66. The van der Waals surface area contributed by atoms with Crippen molar-refractivity contribution in [3.8, 4) is 5.75 Å². The van der Waals surface area contributed by atoms with Gasteiger partial charge in [0.05, 0.1) is 7.11 Å². The van der Waals surface area contributed by atoms with Crippen LogP contribution in [0.25, 0.3) is 0 Å². The monoisotopic (exact) mass is 353 g/mol. The largest absolute Gasteiger partial charge is 0.497 e. The van der Waals surface area contributed by atoms with Crippen LogP contribution in [0.15, 0.2) is 48.5 Å². The van der Waals surface area contributed by atoms with Crippen LogP contribution >= 0.6 is 0 Å². The molecule has 0 spiro atoms. The van der Waals surface area contributed by atoms with E-state index in [-0.39, 0.29) is 0 Å². The van der Waals surface area contributed by atoms with Gasteiger partial charge in [0, 0.05) is 45.0 Å². The lowest BCUT2D eigenvalue weighted by Gasteiger charge is -2.35. The van der Waals surface area contributed by atoms with Crippen LogP contribution < -0.4 is 15.4 Å². The van der Waals surface area contributed by atoms with Crippen LogP contribution in [-0.4, -0.2) is 51.3 Å². The molecule has 2 N–H and O–H groups in total. The summed E-state index contributed by atoms with van der Waals surface area (Å²) < 4.78 is 5.27. The van der Waals surface area contributed by atoms with E-state index in [2.05, 4.69) is 64.1 Å². The fourth-order valence-electron chi connectivity index (χ4n) is 3.67. The second-order valence-corrected chi connectivity index (χ2v) is 6.98. The van der Waals surface area contributed by atoms with Gasteiger partial charge in [-0.3, -0.25) is 4.90 Å². The minimum atomic E-state index is 0.583. The van der Waals surface area contributed by atoms with Gasteiger partial charge in [-0.2, -0.15) is 0 Å². The molecule has 1 heterocycles. The molecule has 1 saturated heterocycles. The number of hydrogen-bond acceptors (Lipinski definition) is 4. The molecule has 2 aromatic rings. The molecular formula is C22H31N3O. The third kappa shape index (κ3) is 5.23. The van der Waals surface area contributed by atoms with E-state index in [1.54, 1.807) is 7.11 Å². The third-order valence-electron chi connectivity index (χ3n) is 5.31. The molecule has 2 aromatic carbocycles. The summed E-state index contributed by atoms with van der Waals surface area (Å²) in [6.45, 7) is 4.47. The Bertz CT molecular complexity index is 648. The van der Waals surface area contributed by atoms with Gasteiger partial charge in [-0.15, -0.1) is 0 Å². The molecule has 0 saturated carbocycles. The predicted octanol–water partition coefficient (Wildman–Crippen LogP) is 3.19. The Balaban J connectivity index is 1.65. The van der Waals surface area contributed by atoms with Gasteiger partial charge in [-0.05, 0) is 54.7 Å². The van der Waals surface area contributed by atoms with Gasteiger partial charge in [-0.1, -0.05) is 24.3 Å². The molecule has 140 valence electrons. The van der Waals surface area contributed by atoms with E-state index in [1.165, 1.54) is 23.2 Å². The quantitative estimate of drug-likeness (QED) is 0.764. The standard InChI is InChI=1S/C22H31N3O/c1-23-20-8-3-19(4-9-20)17-21(25-15-13-24-14-16-25)10-5-18-6-11-22(26-2)12-7-18/h3-4,6-9,11-12,21,23-24H,5,10,13-17H2,1-2H3. The Hall–Kier alpha value is -2.04. The van der Waals surface area contributed by atoms with Crippen LogP contribution in [0.2, 0.25) is 0 Å². The highest BCUT2D eigenvalue weighted by Gasteiger charge is 2.20. The van der Waals surface area contributed by atoms with Gasteiger partial charge in [0.1, 0.15) is 5.75 Å². The maximum absolute atomic E-state index is 5.27. The average Bonchev–Trinajstić information content (AvgIpc) is 2.72. The molecule has 0 aliphatic carbocycles. The molecular weight excluding hydrogens is 322 g/mol. The zero-order chi connectivity index (χ0) is 18.2. The highest BCUT2D eigenvalue weighted by molar-refractivity contribution is 5.44.